The van der Waals surface area contributed by atoms with Crippen LogP contribution in [0.5, 0.6) is 5.75 Å². The number of halogens is 2. The van der Waals surface area contributed by atoms with Crippen LogP contribution in [0.1, 0.15) is 30.4 Å². The molecule has 1 aliphatic rings. The molecule has 1 atom stereocenters. The highest BCUT2D eigenvalue weighted by Crippen LogP contribution is 2.29. The Bertz CT molecular complexity index is 1110. The van der Waals surface area contributed by atoms with E-state index in [2.05, 4.69) is 15.0 Å². The van der Waals surface area contributed by atoms with Crippen LogP contribution in [0, 0.1) is 6.92 Å². The van der Waals surface area contributed by atoms with E-state index in [0.29, 0.717) is 30.2 Å². The molecule has 1 fully saturated rings. The Labute approximate surface area is 187 Å². The van der Waals surface area contributed by atoms with Crippen molar-refractivity contribution in [3.8, 4) is 16.5 Å². The quantitative estimate of drug-likeness (QED) is 0.489. The fraction of sp³-hybridized carbons (Fsp3) is 0.318. The zero-order valence-corrected chi connectivity index (χ0v) is 18.2. The molecule has 1 unspecified atom stereocenters. The van der Waals surface area contributed by atoms with E-state index < -0.39 is 18.2 Å². The maximum Gasteiger partial charge on any atom is 0.387 e. The summed E-state index contributed by atoms with van der Waals surface area (Å²) < 4.78 is 34.6. The lowest BCUT2D eigenvalue weighted by molar-refractivity contribution is -0.131. The number of amides is 3. The number of ether oxygens (including phenoxy) is 1. The Kier molecular flexibility index (Phi) is 5.96. The number of aryl methyl sites for hydroxylation is 2. The molecule has 168 valence electrons. The number of nitrogens with one attached hydrogen (secondary N) is 1. The van der Waals surface area contributed by atoms with E-state index in [1.54, 1.807) is 26.0 Å². The van der Waals surface area contributed by atoms with E-state index in [4.69, 9.17) is 4.42 Å². The first kappa shape index (κ1) is 21.9. The maximum absolute atomic E-state index is 13.1. The summed E-state index contributed by atoms with van der Waals surface area (Å²) in [4.78, 5) is 32.1. The number of urea groups is 1. The minimum atomic E-state index is -2.88. The fourth-order valence-electron chi connectivity index (χ4n) is 3.52. The summed E-state index contributed by atoms with van der Waals surface area (Å²) in [6.45, 7) is 0.555. The third kappa shape index (κ3) is 4.50. The Morgan fingerprint density at radius 3 is 2.66 bits per heavy atom. The molecule has 3 aromatic rings. The van der Waals surface area contributed by atoms with Crippen molar-refractivity contribution >= 4 is 23.3 Å². The predicted octanol–water partition coefficient (Wildman–Crippen LogP) is 4.76. The van der Waals surface area contributed by atoms with Crippen molar-refractivity contribution in [2.75, 3.05) is 0 Å². The fourth-order valence-corrected chi connectivity index (χ4v) is 4.17. The standard InChI is InChI=1S/C22H21F2N3O4S/c1-13-16(25-18(30-13)17-4-3-11-32-17)12-27-19(28)22(2,26-21(27)29)10-9-14-5-7-15(8-6-14)31-20(23)24/h3-8,11,20H,9-10,12H2,1-2H3,(H,26,29). The van der Waals surface area contributed by atoms with Gasteiger partial charge in [-0.25, -0.2) is 9.78 Å². The second-order valence-corrected chi connectivity index (χ2v) is 8.62. The van der Waals surface area contributed by atoms with E-state index in [9.17, 15) is 18.4 Å². The van der Waals surface area contributed by atoms with E-state index >= 15 is 0 Å². The number of hydrogen-bond acceptors (Lipinski definition) is 6. The number of rotatable bonds is 8. The summed E-state index contributed by atoms with van der Waals surface area (Å²) in [5, 5.41) is 4.68. The van der Waals surface area contributed by atoms with Gasteiger partial charge in [0.25, 0.3) is 5.91 Å². The third-order valence-electron chi connectivity index (χ3n) is 5.34. The van der Waals surface area contributed by atoms with Crippen LogP contribution >= 0.6 is 11.3 Å². The molecule has 0 radical (unpaired) electrons. The number of benzene rings is 1. The smallest absolute Gasteiger partial charge is 0.387 e. The van der Waals surface area contributed by atoms with Gasteiger partial charge in [0.1, 0.15) is 22.7 Å². The second-order valence-electron chi connectivity index (χ2n) is 7.68. The van der Waals surface area contributed by atoms with E-state index in [1.807, 2.05) is 17.5 Å². The van der Waals surface area contributed by atoms with Gasteiger partial charge >= 0.3 is 12.6 Å². The highest BCUT2D eigenvalue weighted by atomic mass is 32.1. The van der Waals surface area contributed by atoms with E-state index in [0.717, 1.165) is 15.3 Å². The van der Waals surface area contributed by atoms with Gasteiger partial charge in [0.05, 0.1) is 11.4 Å². The number of hydrogen-bond donors (Lipinski definition) is 1. The Morgan fingerprint density at radius 2 is 2.00 bits per heavy atom. The van der Waals surface area contributed by atoms with E-state index in [-0.39, 0.29) is 18.2 Å². The highest BCUT2D eigenvalue weighted by Gasteiger charge is 2.47. The molecule has 7 nitrogen and oxygen atoms in total. The summed E-state index contributed by atoms with van der Waals surface area (Å²) in [7, 11) is 0. The largest absolute Gasteiger partial charge is 0.440 e. The van der Waals surface area contributed by atoms with Crippen LogP contribution in [0.15, 0.2) is 46.2 Å². The molecule has 0 saturated carbocycles. The van der Waals surface area contributed by atoms with Crippen molar-refractivity contribution in [1.82, 2.24) is 15.2 Å². The average molecular weight is 461 g/mol. The Hall–Kier alpha value is -3.27. The summed E-state index contributed by atoms with van der Waals surface area (Å²) in [5.41, 5.74) is 0.278. The number of thiophene rings is 1. The monoisotopic (exact) mass is 461 g/mol. The lowest BCUT2D eigenvalue weighted by atomic mass is 9.93. The molecule has 1 N–H and O–H groups in total. The molecule has 1 saturated heterocycles. The average Bonchev–Trinajstić information content (AvgIpc) is 3.44. The first-order valence-corrected chi connectivity index (χ1v) is 10.8. The van der Waals surface area contributed by atoms with Crippen molar-refractivity contribution < 1.29 is 27.5 Å². The molecule has 4 rings (SSSR count). The lowest BCUT2D eigenvalue weighted by Crippen LogP contribution is -2.44. The molecule has 3 amide bonds. The van der Waals surface area contributed by atoms with Gasteiger partial charge in [0, 0.05) is 0 Å². The van der Waals surface area contributed by atoms with Crippen LogP contribution in [0.25, 0.3) is 10.8 Å². The number of alkyl halides is 2. The number of imide groups is 1. The number of oxazole rings is 1. The van der Waals surface area contributed by atoms with Crippen LogP contribution in [-0.4, -0.2) is 34.0 Å². The van der Waals surface area contributed by atoms with Crippen molar-refractivity contribution in [1.29, 1.82) is 0 Å². The van der Waals surface area contributed by atoms with Gasteiger partial charge in [-0.1, -0.05) is 18.2 Å². The highest BCUT2D eigenvalue weighted by molar-refractivity contribution is 7.13. The van der Waals surface area contributed by atoms with Crippen LogP contribution in [0.3, 0.4) is 0 Å². The normalized spacial score (nSPS) is 18.5. The van der Waals surface area contributed by atoms with Gasteiger partial charge in [0.2, 0.25) is 5.89 Å². The SMILES string of the molecule is Cc1oc(-c2cccs2)nc1CN1C(=O)NC(C)(CCc2ccc(OC(F)F)cc2)C1=O. The van der Waals surface area contributed by atoms with Gasteiger partial charge < -0.3 is 14.5 Å². The Balaban J connectivity index is 1.42. The summed E-state index contributed by atoms with van der Waals surface area (Å²) in [5.74, 6) is 0.729. The Morgan fingerprint density at radius 1 is 1.25 bits per heavy atom. The number of nitrogens with zero attached hydrogens (tertiary/aromatic N) is 2. The zero-order chi connectivity index (χ0) is 22.9. The topological polar surface area (TPSA) is 84.7 Å². The van der Waals surface area contributed by atoms with Crippen molar-refractivity contribution in [2.24, 2.45) is 0 Å². The van der Waals surface area contributed by atoms with Crippen LogP contribution < -0.4 is 10.1 Å². The minimum absolute atomic E-state index is 0.0145. The predicted molar refractivity (Wildman–Crippen MR) is 113 cm³/mol. The van der Waals surface area contributed by atoms with Crippen molar-refractivity contribution in [3.05, 3.63) is 58.8 Å². The molecule has 1 aromatic carbocycles. The van der Waals surface area contributed by atoms with Crippen LogP contribution in [0.4, 0.5) is 13.6 Å². The number of carbonyl (C=O) groups excluding carboxylic acids is 2. The molecule has 32 heavy (non-hydrogen) atoms. The minimum Gasteiger partial charge on any atom is -0.440 e. The molecule has 0 bridgehead atoms. The van der Waals surface area contributed by atoms with Gasteiger partial charge in [-0.05, 0) is 55.8 Å². The molecule has 1 aliphatic heterocycles. The molecule has 3 heterocycles. The second kappa shape index (κ2) is 8.70. The van der Waals surface area contributed by atoms with Gasteiger partial charge in [-0.3, -0.25) is 9.69 Å². The summed E-state index contributed by atoms with van der Waals surface area (Å²) in [6.07, 6.45) is 0.818. The first-order valence-electron chi connectivity index (χ1n) is 9.93. The summed E-state index contributed by atoms with van der Waals surface area (Å²) >= 11 is 1.49. The van der Waals surface area contributed by atoms with Gasteiger partial charge in [-0.2, -0.15) is 8.78 Å². The number of carbonyl (C=O) groups is 2. The zero-order valence-electron chi connectivity index (χ0n) is 17.4. The van der Waals surface area contributed by atoms with Crippen molar-refractivity contribution in [2.45, 2.75) is 45.4 Å². The molecule has 0 spiro atoms. The summed E-state index contributed by atoms with van der Waals surface area (Å²) in [6, 6.07) is 9.50. The maximum atomic E-state index is 13.1. The molecule has 10 heteroatoms. The molecule has 2 aromatic heterocycles. The van der Waals surface area contributed by atoms with Gasteiger partial charge in [0.15, 0.2) is 0 Å². The van der Waals surface area contributed by atoms with E-state index in [1.165, 1.54) is 23.5 Å². The molecular formula is C22H21F2N3O4S. The third-order valence-corrected chi connectivity index (χ3v) is 6.20. The van der Waals surface area contributed by atoms with Crippen LogP contribution in [0.2, 0.25) is 0 Å². The van der Waals surface area contributed by atoms with Crippen LogP contribution in [-0.2, 0) is 17.8 Å². The number of aromatic nitrogens is 1. The van der Waals surface area contributed by atoms with Crippen molar-refractivity contribution in [3.63, 3.8) is 0 Å². The molecular weight excluding hydrogens is 440 g/mol. The van der Waals surface area contributed by atoms with Gasteiger partial charge in [-0.15, -0.1) is 11.3 Å². The first-order chi connectivity index (χ1) is 15.2. The molecule has 0 aliphatic carbocycles. The lowest BCUT2D eigenvalue weighted by Gasteiger charge is -2.21.